The van der Waals surface area contributed by atoms with Crippen molar-refractivity contribution in [2.24, 2.45) is 5.14 Å². The van der Waals surface area contributed by atoms with Gasteiger partial charge in [0.1, 0.15) is 0 Å². The van der Waals surface area contributed by atoms with Crippen molar-refractivity contribution in [1.29, 1.82) is 0 Å². The van der Waals surface area contributed by atoms with Crippen molar-refractivity contribution < 1.29 is 16.8 Å². The number of aryl methyl sites for hydroxylation is 2. The third-order valence-electron chi connectivity index (χ3n) is 2.55. The third kappa shape index (κ3) is 6.70. The largest absolute Gasteiger partial charge is 0.229 e. The Hall–Kier alpha value is -0.920. The first-order chi connectivity index (χ1) is 8.57. The van der Waals surface area contributed by atoms with Gasteiger partial charge in [-0.15, -0.1) is 0 Å². The minimum absolute atomic E-state index is 0.0337. The van der Waals surface area contributed by atoms with Crippen molar-refractivity contribution in [2.75, 3.05) is 11.5 Å². The second-order valence-corrected chi connectivity index (χ2v) is 8.73. The molecule has 0 aliphatic carbocycles. The number of hydrogen-bond acceptors (Lipinski definition) is 4. The standard InChI is InChI=1S/C12H19NO4S2/c1-10-6-11(2)8-12(7-10)9-18(14,15)4-3-5-19(13,16)17/h6-8H,3-5,9H2,1-2H3,(H2,13,16,17). The smallest absolute Gasteiger partial charge is 0.209 e. The van der Waals surface area contributed by atoms with Crippen LogP contribution in [0.4, 0.5) is 0 Å². The predicted octanol–water partition coefficient (Wildman–Crippen LogP) is 0.897. The first kappa shape index (κ1) is 16.1. The number of sulfonamides is 1. The summed E-state index contributed by atoms with van der Waals surface area (Å²) in [7, 11) is -6.91. The summed E-state index contributed by atoms with van der Waals surface area (Å²) in [6.07, 6.45) is 0.0337. The molecule has 2 N–H and O–H groups in total. The summed E-state index contributed by atoms with van der Waals surface area (Å²) in [5.41, 5.74) is 2.75. The van der Waals surface area contributed by atoms with E-state index >= 15 is 0 Å². The monoisotopic (exact) mass is 305 g/mol. The topological polar surface area (TPSA) is 94.3 Å². The molecule has 0 fully saturated rings. The number of primary sulfonamides is 1. The van der Waals surface area contributed by atoms with E-state index in [1.165, 1.54) is 0 Å². The Morgan fingerprint density at radius 1 is 0.947 bits per heavy atom. The molecule has 0 atom stereocenters. The summed E-state index contributed by atoms with van der Waals surface area (Å²) in [5, 5.41) is 4.83. The molecular weight excluding hydrogens is 286 g/mol. The number of hydrogen-bond donors (Lipinski definition) is 1. The predicted molar refractivity (Wildman–Crippen MR) is 76.0 cm³/mol. The molecule has 0 aromatic heterocycles. The van der Waals surface area contributed by atoms with Crippen LogP contribution < -0.4 is 5.14 Å². The summed E-state index contributed by atoms with van der Waals surface area (Å²) < 4.78 is 45.2. The lowest BCUT2D eigenvalue weighted by molar-refractivity contribution is 0.590. The lowest BCUT2D eigenvalue weighted by atomic mass is 10.1. The summed E-state index contributed by atoms with van der Waals surface area (Å²) >= 11 is 0. The van der Waals surface area contributed by atoms with E-state index in [0.29, 0.717) is 0 Å². The van der Waals surface area contributed by atoms with Gasteiger partial charge in [0.25, 0.3) is 0 Å². The van der Waals surface area contributed by atoms with Crippen molar-refractivity contribution >= 4 is 19.9 Å². The van der Waals surface area contributed by atoms with Crippen LogP contribution in [0, 0.1) is 13.8 Å². The molecule has 0 radical (unpaired) electrons. The van der Waals surface area contributed by atoms with Gasteiger partial charge in [-0.25, -0.2) is 22.0 Å². The maximum atomic E-state index is 11.9. The molecule has 5 nitrogen and oxygen atoms in total. The van der Waals surface area contributed by atoms with E-state index in [1.807, 2.05) is 32.0 Å². The Balaban J connectivity index is 2.69. The Kier molecular flexibility index (Phi) is 5.11. The van der Waals surface area contributed by atoms with E-state index in [1.54, 1.807) is 0 Å². The van der Waals surface area contributed by atoms with Gasteiger partial charge in [-0.2, -0.15) is 0 Å². The van der Waals surface area contributed by atoms with Crippen LogP contribution in [0.25, 0.3) is 0 Å². The number of sulfone groups is 1. The number of rotatable bonds is 6. The molecule has 0 saturated heterocycles. The SMILES string of the molecule is Cc1cc(C)cc(CS(=O)(=O)CCCS(N)(=O)=O)c1. The minimum atomic E-state index is -3.60. The maximum Gasteiger partial charge on any atom is 0.209 e. The van der Waals surface area contributed by atoms with E-state index in [2.05, 4.69) is 0 Å². The highest BCUT2D eigenvalue weighted by Gasteiger charge is 2.14. The van der Waals surface area contributed by atoms with Crippen LogP contribution in [-0.2, 0) is 25.6 Å². The normalized spacial score (nSPS) is 12.6. The van der Waals surface area contributed by atoms with Gasteiger partial charge in [-0.05, 0) is 25.8 Å². The van der Waals surface area contributed by atoms with Gasteiger partial charge in [-0.1, -0.05) is 29.3 Å². The molecular formula is C12H19NO4S2. The van der Waals surface area contributed by atoms with Crippen LogP contribution in [0.15, 0.2) is 18.2 Å². The van der Waals surface area contributed by atoms with Crippen molar-refractivity contribution in [3.05, 3.63) is 34.9 Å². The highest BCUT2D eigenvalue weighted by atomic mass is 32.2. The van der Waals surface area contributed by atoms with Crippen LogP contribution in [0.1, 0.15) is 23.1 Å². The molecule has 0 bridgehead atoms. The Bertz CT molecular complexity index is 628. The zero-order chi connectivity index (χ0) is 14.7. The average Bonchev–Trinajstić information content (AvgIpc) is 2.11. The van der Waals surface area contributed by atoms with E-state index in [-0.39, 0.29) is 23.7 Å². The highest BCUT2D eigenvalue weighted by molar-refractivity contribution is 7.91. The molecule has 0 aliphatic rings. The summed E-state index contributed by atoms with van der Waals surface area (Å²) in [5.74, 6) is -0.546. The molecule has 108 valence electrons. The summed E-state index contributed by atoms with van der Waals surface area (Å²) in [6, 6.07) is 5.62. The van der Waals surface area contributed by atoms with Crippen LogP contribution >= 0.6 is 0 Å². The Labute approximate surface area is 114 Å². The van der Waals surface area contributed by atoms with Gasteiger partial charge < -0.3 is 0 Å². The molecule has 0 saturated carbocycles. The van der Waals surface area contributed by atoms with E-state index in [9.17, 15) is 16.8 Å². The molecule has 0 amide bonds. The molecule has 1 rings (SSSR count). The second-order valence-electron chi connectivity index (χ2n) is 4.81. The van der Waals surface area contributed by atoms with Gasteiger partial charge in [-0.3, -0.25) is 0 Å². The molecule has 0 spiro atoms. The zero-order valence-electron chi connectivity index (χ0n) is 11.1. The first-order valence-electron chi connectivity index (χ1n) is 5.85. The van der Waals surface area contributed by atoms with Crippen molar-refractivity contribution in [1.82, 2.24) is 0 Å². The van der Waals surface area contributed by atoms with E-state index in [0.717, 1.165) is 16.7 Å². The summed E-state index contributed by atoms with van der Waals surface area (Å²) in [6.45, 7) is 3.81. The molecule has 0 aliphatic heterocycles. The Morgan fingerprint density at radius 3 is 1.95 bits per heavy atom. The van der Waals surface area contributed by atoms with Gasteiger partial charge in [0.15, 0.2) is 9.84 Å². The minimum Gasteiger partial charge on any atom is -0.229 e. The van der Waals surface area contributed by atoms with Crippen LogP contribution in [0.5, 0.6) is 0 Å². The molecule has 0 unspecified atom stereocenters. The average molecular weight is 305 g/mol. The molecule has 0 heterocycles. The maximum absolute atomic E-state index is 11.9. The molecule has 19 heavy (non-hydrogen) atoms. The van der Waals surface area contributed by atoms with E-state index in [4.69, 9.17) is 5.14 Å². The van der Waals surface area contributed by atoms with Crippen molar-refractivity contribution in [3.8, 4) is 0 Å². The quantitative estimate of drug-likeness (QED) is 0.844. The zero-order valence-corrected chi connectivity index (χ0v) is 12.7. The fourth-order valence-electron chi connectivity index (χ4n) is 1.96. The van der Waals surface area contributed by atoms with Gasteiger partial charge in [0.2, 0.25) is 10.0 Å². The molecule has 1 aromatic carbocycles. The fraction of sp³-hybridized carbons (Fsp3) is 0.500. The van der Waals surface area contributed by atoms with Gasteiger partial charge in [0, 0.05) is 0 Å². The molecule has 1 aromatic rings. The number of benzene rings is 1. The fourth-order valence-corrected chi connectivity index (χ4v) is 4.09. The van der Waals surface area contributed by atoms with Crippen LogP contribution in [-0.4, -0.2) is 28.3 Å². The number of nitrogens with two attached hydrogens (primary N) is 1. The van der Waals surface area contributed by atoms with Crippen LogP contribution in [0.2, 0.25) is 0 Å². The Morgan fingerprint density at radius 2 is 1.47 bits per heavy atom. The van der Waals surface area contributed by atoms with Gasteiger partial charge >= 0.3 is 0 Å². The highest BCUT2D eigenvalue weighted by Crippen LogP contribution is 2.13. The first-order valence-corrected chi connectivity index (χ1v) is 9.39. The van der Waals surface area contributed by atoms with E-state index < -0.39 is 19.9 Å². The van der Waals surface area contributed by atoms with Crippen LogP contribution in [0.3, 0.4) is 0 Å². The lowest BCUT2D eigenvalue weighted by Crippen LogP contribution is -2.19. The van der Waals surface area contributed by atoms with Gasteiger partial charge in [0.05, 0.1) is 17.3 Å². The molecule has 7 heteroatoms. The third-order valence-corrected chi connectivity index (χ3v) is 5.09. The lowest BCUT2D eigenvalue weighted by Gasteiger charge is -2.06. The van der Waals surface area contributed by atoms with Crippen molar-refractivity contribution in [3.63, 3.8) is 0 Å². The second kappa shape index (κ2) is 6.02. The summed E-state index contributed by atoms with van der Waals surface area (Å²) in [4.78, 5) is 0. The van der Waals surface area contributed by atoms with Crippen molar-refractivity contribution in [2.45, 2.75) is 26.0 Å².